The highest BCUT2D eigenvalue weighted by atomic mass is 16.5. The molecular formula is C11H18N2O4. The first-order valence-corrected chi connectivity index (χ1v) is 5.61. The van der Waals surface area contributed by atoms with E-state index in [4.69, 9.17) is 4.74 Å². The first kappa shape index (κ1) is 13.6. The highest BCUT2D eigenvalue weighted by Crippen LogP contribution is 2.17. The van der Waals surface area contributed by atoms with Crippen LogP contribution in [0, 0.1) is 0 Å². The fourth-order valence-corrected chi connectivity index (χ4v) is 1.92. The van der Waals surface area contributed by atoms with Gasteiger partial charge in [-0.1, -0.05) is 6.92 Å². The van der Waals surface area contributed by atoms with Crippen molar-refractivity contribution in [1.29, 1.82) is 0 Å². The van der Waals surface area contributed by atoms with Crippen LogP contribution in [0.4, 0.5) is 0 Å². The van der Waals surface area contributed by atoms with Crippen molar-refractivity contribution in [2.45, 2.75) is 32.2 Å². The van der Waals surface area contributed by atoms with Crippen molar-refractivity contribution in [1.82, 2.24) is 10.2 Å². The van der Waals surface area contributed by atoms with E-state index in [9.17, 15) is 14.4 Å². The smallest absolute Gasteiger partial charge is 0.327 e. The van der Waals surface area contributed by atoms with E-state index in [2.05, 4.69) is 5.32 Å². The molecule has 1 aliphatic heterocycles. The van der Waals surface area contributed by atoms with Gasteiger partial charge < -0.3 is 10.1 Å². The van der Waals surface area contributed by atoms with E-state index in [1.54, 1.807) is 6.92 Å². The Morgan fingerprint density at radius 1 is 1.41 bits per heavy atom. The molecule has 1 N–H and O–H groups in total. The molecule has 0 aromatic rings. The monoisotopic (exact) mass is 242 g/mol. The van der Waals surface area contributed by atoms with E-state index >= 15 is 0 Å². The summed E-state index contributed by atoms with van der Waals surface area (Å²) in [5.74, 6) is -0.946. The number of hydrogen-bond acceptors (Lipinski definition) is 5. The van der Waals surface area contributed by atoms with Crippen LogP contribution >= 0.6 is 0 Å². The number of rotatable bonds is 5. The van der Waals surface area contributed by atoms with Crippen LogP contribution in [-0.2, 0) is 19.1 Å². The topological polar surface area (TPSA) is 75.7 Å². The number of imide groups is 1. The van der Waals surface area contributed by atoms with Crippen molar-refractivity contribution in [2.75, 3.05) is 20.2 Å². The molecule has 1 atom stereocenters. The van der Waals surface area contributed by atoms with Gasteiger partial charge in [-0.05, 0) is 13.5 Å². The van der Waals surface area contributed by atoms with Crippen LogP contribution in [0.25, 0.3) is 0 Å². The molecule has 0 aromatic carbocycles. The van der Waals surface area contributed by atoms with E-state index in [0.717, 1.165) is 4.90 Å². The lowest BCUT2D eigenvalue weighted by Gasteiger charge is -2.30. The van der Waals surface area contributed by atoms with Crippen LogP contribution < -0.4 is 5.32 Å². The second-order valence-corrected chi connectivity index (χ2v) is 4.23. The third kappa shape index (κ3) is 2.82. The molecule has 1 fully saturated rings. The zero-order valence-corrected chi connectivity index (χ0v) is 10.4. The highest BCUT2D eigenvalue weighted by Gasteiger charge is 2.40. The Morgan fingerprint density at radius 3 is 2.35 bits per heavy atom. The quantitative estimate of drug-likeness (QED) is 0.528. The molecule has 1 rings (SSSR count). The minimum absolute atomic E-state index is 0.0190. The molecule has 0 saturated carbocycles. The van der Waals surface area contributed by atoms with Crippen molar-refractivity contribution in [2.24, 2.45) is 0 Å². The SMILES string of the molecule is CCNC(C)(CN1C(=O)CCC1=O)C(=O)OC. The molecule has 0 spiro atoms. The largest absolute Gasteiger partial charge is 0.468 e. The summed E-state index contributed by atoms with van der Waals surface area (Å²) >= 11 is 0. The van der Waals surface area contributed by atoms with Crippen LogP contribution in [0.15, 0.2) is 0 Å². The Labute approximate surface area is 100 Å². The molecule has 2 amide bonds. The van der Waals surface area contributed by atoms with Crippen LogP contribution in [0.5, 0.6) is 0 Å². The number of carbonyl (C=O) groups is 3. The molecule has 1 saturated heterocycles. The summed E-state index contributed by atoms with van der Waals surface area (Å²) in [5.41, 5.74) is -1.04. The summed E-state index contributed by atoms with van der Waals surface area (Å²) in [6.07, 6.45) is 0.449. The van der Waals surface area contributed by atoms with Gasteiger partial charge in [0.2, 0.25) is 11.8 Å². The van der Waals surface area contributed by atoms with E-state index in [1.165, 1.54) is 7.11 Å². The van der Waals surface area contributed by atoms with Gasteiger partial charge in [-0.25, -0.2) is 4.79 Å². The van der Waals surface area contributed by atoms with Crippen LogP contribution in [0.2, 0.25) is 0 Å². The molecule has 6 heteroatoms. The number of carbonyl (C=O) groups excluding carboxylic acids is 3. The minimum Gasteiger partial charge on any atom is -0.468 e. The lowest BCUT2D eigenvalue weighted by atomic mass is 10.0. The first-order chi connectivity index (χ1) is 7.94. The fraction of sp³-hybridized carbons (Fsp3) is 0.727. The maximum Gasteiger partial charge on any atom is 0.327 e. The molecule has 6 nitrogen and oxygen atoms in total. The molecule has 0 radical (unpaired) electrons. The predicted octanol–water partition coefficient (Wildman–Crippen LogP) is -0.323. The number of amides is 2. The van der Waals surface area contributed by atoms with Gasteiger partial charge in [-0.15, -0.1) is 0 Å². The van der Waals surface area contributed by atoms with Crippen LogP contribution in [0.1, 0.15) is 26.7 Å². The average molecular weight is 242 g/mol. The van der Waals surface area contributed by atoms with Crippen LogP contribution in [-0.4, -0.2) is 48.4 Å². The van der Waals surface area contributed by atoms with Crippen molar-refractivity contribution < 1.29 is 19.1 Å². The number of esters is 1. The predicted molar refractivity (Wildman–Crippen MR) is 60.1 cm³/mol. The molecule has 0 aliphatic carbocycles. The third-order valence-electron chi connectivity index (χ3n) is 2.83. The van der Waals surface area contributed by atoms with Gasteiger partial charge in [-0.2, -0.15) is 0 Å². The van der Waals surface area contributed by atoms with Crippen molar-refractivity contribution in [3.63, 3.8) is 0 Å². The molecule has 1 aliphatic rings. The number of ether oxygens (including phenoxy) is 1. The third-order valence-corrected chi connectivity index (χ3v) is 2.83. The molecule has 17 heavy (non-hydrogen) atoms. The van der Waals surface area contributed by atoms with Gasteiger partial charge in [0.15, 0.2) is 0 Å². The summed E-state index contributed by atoms with van der Waals surface area (Å²) in [5, 5.41) is 2.96. The lowest BCUT2D eigenvalue weighted by Crippen LogP contribution is -2.58. The lowest BCUT2D eigenvalue weighted by molar-refractivity contribution is -0.150. The number of likely N-dealkylation sites (N-methyl/N-ethyl adjacent to an activating group) is 1. The molecule has 96 valence electrons. The maximum absolute atomic E-state index is 11.7. The number of likely N-dealkylation sites (tertiary alicyclic amines) is 1. The molecule has 0 aromatic heterocycles. The normalized spacial score (nSPS) is 19.4. The second kappa shape index (κ2) is 5.27. The van der Waals surface area contributed by atoms with Gasteiger partial charge >= 0.3 is 5.97 Å². The standard InChI is InChI=1S/C11H18N2O4/c1-4-12-11(2,10(16)17-3)7-13-8(14)5-6-9(13)15/h12H,4-7H2,1-3H3. The fourth-order valence-electron chi connectivity index (χ4n) is 1.92. The highest BCUT2D eigenvalue weighted by molar-refractivity contribution is 6.02. The summed E-state index contributed by atoms with van der Waals surface area (Å²) in [6.45, 7) is 4.03. The van der Waals surface area contributed by atoms with Gasteiger partial charge in [0.25, 0.3) is 0 Å². The average Bonchev–Trinajstić information content (AvgIpc) is 2.60. The van der Waals surface area contributed by atoms with Crippen molar-refractivity contribution in [3.05, 3.63) is 0 Å². The number of nitrogens with zero attached hydrogens (tertiary/aromatic N) is 1. The Balaban J connectivity index is 2.82. The summed E-state index contributed by atoms with van der Waals surface area (Å²) < 4.78 is 4.70. The number of nitrogens with one attached hydrogen (secondary N) is 1. The molecule has 0 bridgehead atoms. The van der Waals surface area contributed by atoms with E-state index in [-0.39, 0.29) is 31.2 Å². The Kier molecular flexibility index (Phi) is 4.22. The zero-order valence-electron chi connectivity index (χ0n) is 10.4. The Bertz CT molecular complexity index is 326. The molecule has 1 unspecified atom stereocenters. The van der Waals surface area contributed by atoms with Crippen LogP contribution in [0.3, 0.4) is 0 Å². The summed E-state index contributed by atoms with van der Waals surface area (Å²) in [6, 6.07) is 0. The van der Waals surface area contributed by atoms with Gasteiger partial charge in [0, 0.05) is 12.8 Å². The Hall–Kier alpha value is -1.43. The summed E-state index contributed by atoms with van der Waals surface area (Å²) in [7, 11) is 1.28. The minimum atomic E-state index is -1.04. The van der Waals surface area contributed by atoms with Gasteiger partial charge in [0.05, 0.1) is 13.7 Å². The van der Waals surface area contributed by atoms with Crippen molar-refractivity contribution in [3.8, 4) is 0 Å². The number of hydrogen-bond donors (Lipinski definition) is 1. The van der Waals surface area contributed by atoms with E-state index in [0.29, 0.717) is 6.54 Å². The number of methoxy groups -OCH3 is 1. The first-order valence-electron chi connectivity index (χ1n) is 5.61. The zero-order chi connectivity index (χ0) is 13.1. The van der Waals surface area contributed by atoms with E-state index < -0.39 is 11.5 Å². The van der Waals surface area contributed by atoms with Crippen molar-refractivity contribution >= 4 is 17.8 Å². The Morgan fingerprint density at radius 2 is 1.94 bits per heavy atom. The second-order valence-electron chi connectivity index (χ2n) is 4.23. The summed E-state index contributed by atoms with van der Waals surface area (Å²) in [4.78, 5) is 35.8. The van der Waals surface area contributed by atoms with Gasteiger partial charge in [0.1, 0.15) is 5.54 Å². The molecular weight excluding hydrogens is 224 g/mol. The maximum atomic E-state index is 11.7. The van der Waals surface area contributed by atoms with E-state index in [1.807, 2.05) is 6.92 Å². The molecule has 1 heterocycles. The van der Waals surface area contributed by atoms with Gasteiger partial charge in [-0.3, -0.25) is 14.5 Å².